The average molecular weight is 481 g/mol. The quantitative estimate of drug-likeness (QED) is 0.333. The van der Waals surface area contributed by atoms with Crippen molar-refractivity contribution in [1.82, 2.24) is 0 Å². The Morgan fingerprint density at radius 1 is 0.552 bits per heavy atom. The molecule has 0 fully saturated rings. The molecular weight excluding hydrogens is 455 g/mol. The van der Waals surface area contributed by atoms with Gasteiger partial charge in [-0.2, -0.15) is 0 Å². The van der Waals surface area contributed by atoms with Crippen molar-refractivity contribution in [2.45, 2.75) is 11.4 Å². The third-order valence-corrected chi connectivity index (χ3v) is 19.3. The minimum atomic E-state index is -3.17. The van der Waals surface area contributed by atoms with Crippen LogP contribution in [0.5, 0.6) is 0 Å². The van der Waals surface area contributed by atoms with Gasteiger partial charge in [-0.25, -0.2) is 0 Å². The first-order valence-electron chi connectivity index (χ1n) is 10.2. The molecular formula is C28H26Sn. The summed E-state index contributed by atoms with van der Waals surface area (Å²) in [7, 11) is 0. The summed E-state index contributed by atoms with van der Waals surface area (Å²) in [5.41, 5.74) is 2.57. The Balaban J connectivity index is 1.84. The number of benzene rings is 4. The molecule has 0 atom stereocenters. The number of hydrogen-bond acceptors (Lipinski definition) is 0. The predicted molar refractivity (Wildman–Crippen MR) is 129 cm³/mol. The summed E-state index contributed by atoms with van der Waals surface area (Å²) >= 11 is -3.17. The number of allylic oxidation sites excluding steroid dienone is 1. The first kappa shape index (κ1) is 19.7. The molecule has 0 aliphatic rings. The fraction of sp³-hybridized carbons (Fsp3) is 0.0714. The summed E-state index contributed by atoms with van der Waals surface area (Å²) < 4.78 is 5.66. The maximum atomic E-state index is 2.41. The second kappa shape index (κ2) is 9.28. The number of hydrogen-bond donors (Lipinski definition) is 0. The number of aryl methyl sites for hydroxylation is 1. The molecule has 0 aromatic heterocycles. The van der Waals surface area contributed by atoms with Crippen LogP contribution in [0.2, 0.25) is 4.44 Å². The molecule has 0 aliphatic heterocycles. The van der Waals surface area contributed by atoms with Crippen LogP contribution in [0.15, 0.2) is 121 Å². The van der Waals surface area contributed by atoms with Gasteiger partial charge in [0.25, 0.3) is 0 Å². The van der Waals surface area contributed by atoms with Crippen LogP contribution in [0.4, 0.5) is 0 Å². The molecule has 29 heavy (non-hydrogen) atoms. The first-order valence-corrected chi connectivity index (χ1v) is 16.5. The molecule has 0 nitrogen and oxygen atoms in total. The summed E-state index contributed by atoms with van der Waals surface area (Å²) in [6, 6.07) is 42.3. The molecule has 0 aliphatic carbocycles. The second-order valence-corrected chi connectivity index (χ2v) is 18.8. The summed E-state index contributed by atoms with van der Waals surface area (Å²) in [6.45, 7) is 2.13. The Labute approximate surface area is 178 Å². The van der Waals surface area contributed by atoms with Gasteiger partial charge in [-0.3, -0.25) is 0 Å². The van der Waals surface area contributed by atoms with E-state index < -0.39 is 18.4 Å². The van der Waals surface area contributed by atoms with Crippen molar-refractivity contribution in [1.29, 1.82) is 0 Å². The van der Waals surface area contributed by atoms with Crippen LogP contribution < -0.4 is 10.7 Å². The molecule has 4 aromatic rings. The topological polar surface area (TPSA) is 0 Å². The van der Waals surface area contributed by atoms with Crippen LogP contribution in [-0.4, -0.2) is 18.4 Å². The molecule has 142 valence electrons. The van der Waals surface area contributed by atoms with Crippen molar-refractivity contribution < 1.29 is 0 Å². The van der Waals surface area contributed by atoms with Gasteiger partial charge in [0, 0.05) is 0 Å². The number of rotatable bonds is 6. The van der Waals surface area contributed by atoms with Crippen LogP contribution in [0.25, 0.3) is 6.08 Å². The molecule has 0 N–H and O–H groups in total. The van der Waals surface area contributed by atoms with E-state index in [1.165, 1.54) is 21.9 Å². The van der Waals surface area contributed by atoms with E-state index in [2.05, 4.69) is 134 Å². The van der Waals surface area contributed by atoms with Gasteiger partial charge in [0.2, 0.25) is 0 Å². The summed E-state index contributed by atoms with van der Waals surface area (Å²) in [6.07, 6.45) is 4.70. The molecule has 0 amide bonds. The molecule has 4 rings (SSSR count). The molecule has 0 heterocycles. The molecule has 0 spiro atoms. The Hall–Kier alpha value is -2.58. The second-order valence-electron chi connectivity index (χ2n) is 7.52. The monoisotopic (exact) mass is 482 g/mol. The zero-order valence-electron chi connectivity index (χ0n) is 16.8. The van der Waals surface area contributed by atoms with Gasteiger partial charge in [-0.1, -0.05) is 0 Å². The van der Waals surface area contributed by atoms with E-state index in [4.69, 9.17) is 0 Å². The Kier molecular flexibility index (Phi) is 6.31. The SMILES string of the molecule is Cc1ccc(/C=C\[CH2][Sn]([c]2ccccc2)([c]2ccccc2)[c]2ccccc2)cc1. The normalized spacial score (nSPS) is 11.6. The summed E-state index contributed by atoms with van der Waals surface area (Å²) in [5.74, 6) is 0. The van der Waals surface area contributed by atoms with E-state index in [0.29, 0.717) is 0 Å². The van der Waals surface area contributed by atoms with Gasteiger partial charge in [0.1, 0.15) is 0 Å². The van der Waals surface area contributed by atoms with Crippen molar-refractivity contribution in [3.05, 3.63) is 132 Å². The zero-order chi connectivity index (χ0) is 19.9. The molecule has 1 heteroatoms. The van der Waals surface area contributed by atoms with Crippen molar-refractivity contribution in [3.63, 3.8) is 0 Å². The molecule has 0 bridgehead atoms. The molecule has 0 unspecified atom stereocenters. The van der Waals surface area contributed by atoms with Crippen molar-refractivity contribution in [2.24, 2.45) is 0 Å². The Morgan fingerprint density at radius 3 is 1.38 bits per heavy atom. The molecule has 0 saturated heterocycles. The third-order valence-electron chi connectivity index (χ3n) is 5.61. The van der Waals surface area contributed by atoms with E-state index in [1.54, 1.807) is 0 Å². The van der Waals surface area contributed by atoms with E-state index >= 15 is 0 Å². The van der Waals surface area contributed by atoms with Crippen LogP contribution in [-0.2, 0) is 0 Å². The Morgan fingerprint density at radius 2 is 0.966 bits per heavy atom. The van der Waals surface area contributed by atoms with E-state index in [1.807, 2.05) is 0 Å². The van der Waals surface area contributed by atoms with Gasteiger partial charge < -0.3 is 0 Å². The maximum absolute atomic E-state index is 3.17. The van der Waals surface area contributed by atoms with Crippen molar-refractivity contribution in [3.8, 4) is 0 Å². The predicted octanol–water partition coefficient (Wildman–Crippen LogP) is 5.18. The van der Waals surface area contributed by atoms with Crippen LogP contribution in [0.1, 0.15) is 11.1 Å². The van der Waals surface area contributed by atoms with Gasteiger partial charge in [0.05, 0.1) is 0 Å². The van der Waals surface area contributed by atoms with Gasteiger partial charge in [-0.05, 0) is 0 Å². The first-order chi connectivity index (χ1) is 14.3. The van der Waals surface area contributed by atoms with Crippen molar-refractivity contribution >= 4 is 35.2 Å². The van der Waals surface area contributed by atoms with Gasteiger partial charge in [0.15, 0.2) is 0 Å². The summed E-state index contributed by atoms with van der Waals surface area (Å²) in [4.78, 5) is 0. The van der Waals surface area contributed by atoms with Crippen LogP contribution in [0, 0.1) is 6.92 Å². The van der Waals surface area contributed by atoms with Crippen LogP contribution in [0.3, 0.4) is 0 Å². The van der Waals surface area contributed by atoms with Crippen molar-refractivity contribution in [2.75, 3.05) is 0 Å². The molecule has 0 saturated carbocycles. The molecule has 4 aromatic carbocycles. The van der Waals surface area contributed by atoms with Gasteiger partial charge in [-0.15, -0.1) is 0 Å². The zero-order valence-corrected chi connectivity index (χ0v) is 19.7. The summed E-state index contributed by atoms with van der Waals surface area (Å²) in [5, 5.41) is 0. The average Bonchev–Trinajstić information content (AvgIpc) is 2.80. The molecule has 0 radical (unpaired) electrons. The standard InChI is InChI=1S/C10H11.3C6H5.Sn/c1-3-4-10-7-5-9(2)6-8-10;3*1-2-4-6-5-3-1;/h3-8H,1H2,2H3;3*1-5H;/b4-3-;;;;. The van der Waals surface area contributed by atoms with Crippen LogP contribution >= 0.6 is 0 Å². The fourth-order valence-electron chi connectivity index (χ4n) is 4.07. The van der Waals surface area contributed by atoms with E-state index in [9.17, 15) is 0 Å². The fourth-order valence-corrected chi connectivity index (χ4v) is 16.8. The van der Waals surface area contributed by atoms with E-state index in [-0.39, 0.29) is 0 Å². The Bertz CT molecular complexity index is 953. The minimum absolute atomic E-state index is 1.10. The van der Waals surface area contributed by atoms with Gasteiger partial charge >= 0.3 is 179 Å². The third kappa shape index (κ3) is 4.38. The van der Waals surface area contributed by atoms with E-state index in [0.717, 1.165) is 4.44 Å².